The maximum absolute atomic E-state index is 11.0. The van der Waals surface area contributed by atoms with Crippen molar-refractivity contribution < 1.29 is 5.11 Å². The Bertz CT molecular complexity index is 724. The number of anilines is 1. The number of fused-ring (bicyclic) bond motifs is 2. The third kappa shape index (κ3) is 2.14. The molecule has 1 aliphatic heterocycles. The molecule has 22 heavy (non-hydrogen) atoms. The lowest BCUT2D eigenvalue weighted by Gasteiger charge is -2.28. The van der Waals surface area contributed by atoms with Crippen LogP contribution in [0, 0.1) is 0 Å². The van der Waals surface area contributed by atoms with Gasteiger partial charge in [-0.05, 0) is 35.2 Å². The summed E-state index contributed by atoms with van der Waals surface area (Å²) >= 11 is 9.96. The van der Waals surface area contributed by atoms with E-state index < -0.39 is 5.60 Å². The van der Waals surface area contributed by atoms with E-state index in [1.165, 1.54) is 6.33 Å². The average Bonchev–Trinajstić information content (AvgIpc) is 3.17. The summed E-state index contributed by atoms with van der Waals surface area (Å²) in [4.78, 5) is 8.35. The Kier molecular flexibility index (Phi) is 3.22. The monoisotopic (exact) mass is 383 g/mol. The lowest BCUT2D eigenvalue weighted by Crippen LogP contribution is -2.35. The van der Waals surface area contributed by atoms with Crippen molar-refractivity contribution in [2.24, 2.45) is 0 Å². The quantitative estimate of drug-likeness (QED) is 0.831. The van der Waals surface area contributed by atoms with Gasteiger partial charge in [-0.1, -0.05) is 11.6 Å². The fourth-order valence-electron chi connectivity index (χ4n) is 3.82. The first-order valence-corrected chi connectivity index (χ1v) is 8.32. The van der Waals surface area contributed by atoms with Crippen molar-refractivity contribution in [3.05, 3.63) is 33.9 Å². The standard InChI is InChI=1S/C14H15BrClN5O/c15-9-3-18-12-10(11(9)16)13(5-19-12)1-2-14(22,4-13)6-21-8-17-7-20-21/h3,7-8,22H,1-2,4-6H2,(H,18,19)/t13-,14+/m0/s1. The zero-order valence-corrected chi connectivity index (χ0v) is 14.1. The molecule has 3 heterocycles. The molecule has 2 atom stereocenters. The molecule has 0 aromatic carbocycles. The molecule has 0 bridgehead atoms. The molecule has 0 amide bonds. The molecule has 2 aromatic rings. The minimum absolute atomic E-state index is 0.168. The summed E-state index contributed by atoms with van der Waals surface area (Å²) in [7, 11) is 0. The highest BCUT2D eigenvalue weighted by atomic mass is 79.9. The maximum Gasteiger partial charge on any atom is 0.137 e. The average molecular weight is 385 g/mol. The highest BCUT2D eigenvalue weighted by molar-refractivity contribution is 9.10. The van der Waals surface area contributed by atoms with E-state index in [4.69, 9.17) is 11.6 Å². The van der Waals surface area contributed by atoms with Gasteiger partial charge in [0.25, 0.3) is 0 Å². The van der Waals surface area contributed by atoms with Crippen LogP contribution < -0.4 is 5.32 Å². The van der Waals surface area contributed by atoms with Crippen LogP contribution in [0.25, 0.3) is 0 Å². The Hall–Kier alpha value is -1.18. The highest BCUT2D eigenvalue weighted by Crippen LogP contribution is 2.54. The van der Waals surface area contributed by atoms with Crippen LogP contribution in [0.4, 0.5) is 5.82 Å². The molecule has 0 radical (unpaired) electrons. The van der Waals surface area contributed by atoms with Crippen LogP contribution in [0.3, 0.4) is 0 Å². The molecule has 2 aliphatic rings. The van der Waals surface area contributed by atoms with E-state index in [0.29, 0.717) is 24.4 Å². The van der Waals surface area contributed by atoms with Crippen molar-refractivity contribution in [1.82, 2.24) is 19.7 Å². The van der Waals surface area contributed by atoms with Gasteiger partial charge in [-0.25, -0.2) is 9.97 Å². The summed E-state index contributed by atoms with van der Waals surface area (Å²) < 4.78 is 2.48. The van der Waals surface area contributed by atoms with Crippen molar-refractivity contribution in [3.8, 4) is 0 Å². The van der Waals surface area contributed by atoms with Gasteiger partial charge in [-0.2, -0.15) is 5.10 Å². The maximum atomic E-state index is 11.0. The van der Waals surface area contributed by atoms with Gasteiger partial charge in [-0.15, -0.1) is 0 Å². The number of nitrogens with zero attached hydrogens (tertiary/aromatic N) is 4. The third-order valence-corrected chi connectivity index (χ3v) is 5.98. The summed E-state index contributed by atoms with van der Waals surface area (Å²) in [5, 5.41) is 19.1. The van der Waals surface area contributed by atoms with Crippen LogP contribution >= 0.6 is 27.5 Å². The van der Waals surface area contributed by atoms with E-state index in [-0.39, 0.29) is 5.41 Å². The molecule has 1 aliphatic carbocycles. The second-order valence-electron chi connectivity index (χ2n) is 6.27. The number of halogens is 2. The summed E-state index contributed by atoms with van der Waals surface area (Å²) in [6, 6.07) is 0. The van der Waals surface area contributed by atoms with Gasteiger partial charge >= 0.3 is 0 Å². The summed E-state index contributed by atoms with van der Waals surface area (Å²) in [6.45, 7) is 1.20. The molecule has 0 saturated heterocycles. The van der Waals surface area contributed by atoms with E-state index in [1.54, 1.807) is 17.2 Å². The number of nitrogens with one attached hydrogen (secondary N) is 1. The van der Waals surface area contributed by atoms with Gasteiger partial charge in [-0.3, -0.25) is 4.68 Å². The van der Waals surface area contributed by atoms with Crippen LogP contribution in [0.1, 0.15) is 24.8 Å². The zero-order chi connectivity index (χ0) is 15.4. The molecule has 1 saturated carbocycles. The van der Waals surface area contributed by atoms with Crippen molar-refractivity contribution in [3.63, 3.8) is 0 Å². The molecule has 2 aromatic heterocycles. The number of hydrogen-bond donors (Lipinski definition) is 2. The SMILES string of the molecule is O[C@]1(Cn2cncn2)CC[C@@]2(CNc3ncc(Br)c(Cl)c32)C1. The summed E-state index contributed by atoms with van der Waals surface area (Å²) in [6.07, 6.45) is 7.04. The smallest absolute Gasteiger partial charge is 0.137 e. The largest absolute Gasteiger partial charge is 0.388 e. The minimum atomic E-state index is -0.803. The molecule has 1 spiro atoms. The topological polar surface area (TPSA) is 75.9 Å². The fourth-order valence-corrected chi connectivity index (χ4v) is 4.46. The van der Waals surface area contributed by atoms with Crippen LogP contribution in [0.15, 0.2) is 23.3 Å². The number of aliphatic hydroxyl groups is 1. The Balaban J connectivity index is 1.68. The van der Waals surface area contributed by atoms with E-state index >= 15 is 0 Å². The van der Waals surface area contributed by atoms with Crippen molar-refractivity contribution in [2.45, 2.75) is 36.8 Å². The number of hydrogen-bond acceptors (Lipinski definition) is 5. The van der Waals surface area contributed by atoms with Crippen LogP contribution in [0.5, 0.6) is 0 Å². The van der Waals surface area contributed by atoms with E-state index in [2.05, 4.69) is 36.3 Å². The van der Waals surface area contributed by atoms with Gasteiger partial charge in [0.1, 0.15) is 18.5 Å². The lowest BCUT2D eigenvalue weighted by molar-refractivity contribution is 0.0210. The van der Waals surface area contributed by atoms with Crippen LogP contribution in [0.2, 0.25) is 5.02 Å². The summed E-state index contributed by atoms with van der Waals surface area (Å²) in [5.41, 5.74) is 0.0549. The first-order valence-electron chi connectivity index (χ1n) is 7.15. The minimum Gasteiger partial charge on any atom is -0.388 e. The molecule has 1 fully saturated rings. The van der Waals surface area contributed by atoms with Crippen molar-refractivity contribution >= 4 is 33.3 Å². The van der Waals surface area contributed by atoms with Crippen LogP contribution in [-0.2, 0) is 12.0 Å². The predicted molar refractivity (Wildman–Crippen MR) is 85.9 cm³/mol. The fraction of sp³-hybridized carbons (Fsp3) is 0.500. The molecule has 2 N–H and O–H groups in total. The number of pyridine rings is 1. The Morgan fingerprint density at radius 3 is 3.09 bits per heavy atom. The normalized spacial score (nSPS) is 29.8. The van der Waals surface area contributed by atoms with E-state index in [1.807, 2.05) is 0 Å². The second kappa shape index (κ2) is 4.91. The Morgan fingerprint density at radius 1 is 1.45 bits per heavy atom. The molecule has 116 valence electrons. The van der Waals surface area contributed by atoms with Crippen LogP contribution in [-0.4, -0.2) is 37.0 Å². The third-order valence-electron chi connectivity index (χ3n) is 4.76. The first kappa shape index (κ1) is 14.4. The lowest BCUT2D eigenvalue weighted by atomic mass is 9.80. The number of rotatable bonds is 2. The number of aromatic nitrogens is 4. The predicted octanol–water partition coefficient (Wildman–Crippen LogP) is 2.37. The van der Waals surface area contributed by atoms with Gasteiger partial charge < -0.3 is 10.4 Å². The van der Waals surface area contributed by atoms with Crippen molar-refractivity contribution in [1.29, 1.82) is 0 Å². The van der Waals surface area contributed by atoms with E-state index in [0.717, 1.165) is 28.8 Å². The molecule has 6 nitrogen and oxygen atoms in total. The van der Waals surface area contributed by atoms with Gasteiger partial charge in [0.15, 0.2) is 0 Å². The molecule has 8 heteroatoms. The van der Waals surface area contributed by atoms with Gasteiger partial charge in [0.2, 0.25) is 0 Å². The zero-order valence-electron chi connectivity index (χ0n) is 11.8. The van der Waals surface area contributed by atoms with E-state index in [9.17, 15) is 5.11 Å². The van der Waals surface area contributed by atoms with Gasteiger partial charge in [0.05, 0.1) is 21.6 Å². The summed E-state index contributed by atoms with van der Waals surface area (Å²) in [5.74, 6) is 0.832. The Labute approximate surface area is 141 Å². The van der Waals surface area contributed by atoms with Gasteiger partial charge in [0, 0.05) is 23.7 Å². The molecule has 0 unspecified atom stereocenters. The first-order chi connectivity index (χ1) is 10.5. The van der Waals surface area contributed by atoms with Crippen molar-refractivity contribution in [2.75, 3.05) is 11.9 Å². The molecule has 4 rings (SSSR count). The second-order valence-corrected chi connectivity index (χ2v) is 7.50. The molecular formula is C14H15BrClN5O. The highest BCUT2D eigenvalue weighted by Gasteiger charge is 2.53. The molecular weight excluding hydrogens is 370 g/mol. The Morgan fingerprint density at radius 2 is 2.32 bits per heavy atom.